The molecule has 0 unspecified atom stereocenters. The fourth-order valence-corrected chi connectivity index (χ4v) is 2.14. The average molecular weight is 230 g/mol. The zero-order chi connectivity index (χ0) is 11.5. The summed E-state index contributed by atoms with van der Waals surface area (Å²) in [6.07, 6.45) is -0.364. The van der Waals surface area contributed by atoms with Crippen LogP contribution < -0.4 is 4.74 Å². The average Bonchev–Trinajstić information content (AvgIpc) is 2.16. The Bertz CT molecular complexity index is 406. The molecule has 1 aromatic rings. The van der Waals surface area contributed by atoms with Crippen LogP contribution in [0.5, 0.6) is 5.75 Å². The number of rotatable bonds is 4. The van der Waals surface area contributed by atoms with Gasteiger partial charge < -0.3 is 4.74 Å². The maximum Gasteiger partial charge on any atom is 0.297 e. The Morgan fingerprint density at radius 3 is 2.07 bits per heavy atom. The third kappa shape index (κ3) is 3.21. The van der Waals surface area contributed by atoms with Crippen LogP contribution >= 0.6 is 0 Å². The summed E-state index contributed by atoms with van der Waals surface area (Å²) in [4.78, 5) is 0.136. The van der Waals surface area contributed by atoms with E-state index in [0.717, 1.165) is 0 Å². The summed E-state index contributed by atoms with van der Waals surface area (Å²) < 4.78 is 32.9. The standard InChI is InChI=1S/C10H14O4S/c1-8(2)14-15(11,12)10-6-4-9(13-3)5-7-10/h4-8H,1-3H3. The summed E-state index contributed by atoms with van der Waals surface area (Å²) in [6.45, 7) is 3.34. The van der Waals surface area contributed by atoms with Crippen LogP contribution in [0.3, 0.4) is 0 Å². The predicted molar refractivity (Wildman–Crippen MR) is 56.4 cm³/mol. The predicted octanol–water partition coefficient (Wildman–Crippen LogP) is 1.81. The van der Waals surface area contributed by atoms with E-state index in [0.29, 0.717) is 5.75 Å². The fraction of sp³-hybridized carbons (Fsp3) is 0.400. The smallest absolute Gasteiger partial charge is 0.297 e. The summed E-state index contributed by atoms with van der Waals surface area (Å²) in [5.41, 5.74) is 0. The van der Waals surface area contributed by atoms with E-state index in [1.807, 2.05) is 0 Å². The molecule has 84 valence electrons. The number of ether oxygens (including phenoxy) is 1. The Morgan fingerprint density at radius 1 is 1.13 bits per heavy atom. The Balaban J connectivity index is 2.96. The molecule has 0 radical (unpaired) electrons. The van der Waals surface area contributed by atoms with E-state index in [2.05, 4.69) is 0 Å². The molecule has 0 bridgehead atoms. The van der Waals surface area contributed by atoms with Crippen molar-refractivity contribution in [3.05, 3.63) is 24.3 Å². The van der Waals surface area contributed by atoms with Crippen molar-refractivity contribution < 1.29 is 17.3 Å². The van der Waals surface area contributed by atoms with Crippen LogP contribution in [0.1, 0.15) is 13.8 Å². The first-order valence-corrected chi connectivity index (χ1v) is 5.94. The van der Waals surface area contributed by atoms with Crippen LogP contribution in [0.15, 0.2) is 29.2 Å². The summed E-state index contributed by atoms with van der Waals surface area (Å²) >= 11 is 0. The molecule has 0 saturated heterocycles. The molecule has 1 aromatic carbocycles. The second-order valence-corrected chi connectivity index (χ2v) is 4.85. The van der Waals surface area contributed by atoms with E-state index in [9.17, 15) is 8.42 Å². The van der Waals surface area contributed by atoms with Crippen molar-refractivity contribution in [1.82, 2.24) is 0 Å². The van der Waals surface area contributed by atoms with Crippen molar-refractivity contribution in [3.8, 4) is 5.75 Å². The zero-order valence-corrected chi connectivity index (χ0v) is 9.74. The number of hydrogen-bond donors (Lipinski definition) is 0. The minimum Gasteiger partial charge on any atom is -0.497 e. The van der Waals surface area contributed by atoms with E-state index in [4.69, 9.17) is 8.92 Å². The fourth-order valence-electron chi connectivity index (χ4n) is 1.05. The van der Waals surface area contributed by atoms with E-state index in [-0.39, 0.29) is 11.0 Å². The minimum atomic E-state index is -3.64. The molecule has 0 amide bonds. The Labute approximate surface area is 90.0 Å². The van der Waals surface area contributed by atoms with Gasteiger partial charge >= 0.3 is 0 Å². The maximum absolute atomic E-state index is 11.6. The highest BCUT2D eigenvalue weighted by molar-refractivity contribution is 7.86. The first-order valence-electron chi connectivity index (χ1n) is 4.53. The van der Waals surface area contributed by atoms with Gasteiger partial charge in [-0.15, -0.1) is 0 Å². The van der Waals surface area contributed by atoms with Gasteiger partial charge in [-0.2, -0.15) is 8.42 Å². The maximum atomic E-state index is 11.6. The molecule has 4 nitrogen and oxygen atoms in total. The van der Waals surface area contributed by atoms with E-state index in [1.165, 1.54) is 19.2 Å². The molecular weight excluding hydrogens is 216 g/mol. The molecule has 15 heavy (non-hydrogen) atoms. The van der Waals surface area contributed by atoms with Gasteiger partial charge in [-0.3, -0.25) is 4.18 Å². The Morgan fingerprint density at radius 2 is 1.67 bits per heavy atom. The molecule has 0 aliphatic rings. The van der Waals surface area contributed by atoms with Gasteiger partial charge in [0.2, 0.25) is 0 Å². The topological polar surface area (TPSA) is 52.6 Å². The van der Waals surface area contributed by atoms with Gasteiger partial charge in [-0.05, 0) is 38.1 Å². The quantitative estimate of drug-likeness (QED) is 0.740. The van der Waals surface area contributed by atoms with Crippen LogP contribution in [0.25, 0.3) is 0 Å². The number of hydrogen-bond acceptors (Lipinski definition) is 4. The highest BCUT2D eigenvalue weighted by Crippen LogP contribution is 2.18. The first kappa shape index (κ1) is 12.0. The largest absolute Gasteiger partial charge is 0.497 e. The normalized spacial score (nSPS) is 11.7. The highest BCUT2D eigenvalue weighted by Gasteiger charge is 2.16. The molecule has 0 heterocycles. The van der Waals surface area contributed by atoms with Crippen molar-refractivity contribution >= 4 is 10.1 Å². The molecular formula is C10H14O4S. The van der Waals surface area contributed by atoms with E-state index in [1.54, 1.807) is 26.0 Å². The van der Waals surface area contributed by atoms with Gasteiger partial charge in [0.1, 0.15) is 5.75 Å². The lowest BCUT2D eigenvalue weighted by Crippen LogP contribution is -2.12. The van der Waals surface area contributed by atoms with Gasteiger partial charge in [-0.25, -0.2) is 0 Å². The lowest BCUT2D eigenvalue weighted by atomic mass is 10.3. The van der Waals surface area contributed by atoms with Gasteiger partial charge in [0.25, 0.3) is 10.1 Å². The molecule has 5 heteroatoms. The molecule has 0 saturated carbocycles. The minimum absolute atomic E-state index is 0.136. The van der Waals surface area contributed by atoms with Crippen LogP contribution in [0.4, 0.5) is 0 Å². The van der Waals surface area contributed by atoms with Crippen molar-refractivity contribution in [2.24, 2.45) is 0 Å². The van der Waals surface area contributed by atoms with Gasteiger partial charge in [-0.1, -0.05) is 0 Å². The molecule has 1 rings (SSSR count). The molecule has 0 atom stereocenters. The second-order valence-electron chi connectivity index (χ2n) is 3.27. The third-order valence-electron chi connectivity index (χ3n) is 1.67. The van der Waals surface area contributed by atoms with Gasteiger partial charge in [0.05, 0.1) is 18.1 Å². The van der Waals surface area contributed by atoms with Gasteiger partial charge in [0.15, 0.2) is 0 Å². The lowest BCUT2D eigenvalue weighted by Gasteiger charge is -2.08. The van der Waals surface area contributed by atoms with Crippen molar-refractivity contribution in [2.45, 2.75) is 24.8 Å². The molecule has 0 spiro atoms. The van der Waals surface area contributed by atoms with Crippen molar-refractivity contribution in [3.63, 3.8) is 0 Å². The van der Waals surface area contributed by atoms with Gasteiger partial charge in [0, 0.05) is 0 Å². The number of benzene rings is 1. The molecule has 0 aromatic heterocycles. The summed E-state index contributed by atoms with van der Waals surface area (Å²) in [5, 5.41) is 0. The van der Waals surface area contributed by atoms with Crippen LogP contribution in [-0.4, -0.2) is 21.6 Å². The number of methoxy groups -OCH3 is 1. The Hall–Kier alpha value is -1.07. The van der Waals surface area contributed by atoms with Crippen LogP contribution in [0.2, 0.25) is 0 Å². The van der Waals surface area contributed by atoms with E-state index >= 15 is 0 Å². The zero-order valence-electron chi connectivity index (χ0n) is 8.93. The van der Waals surface area contributed by atoms with E-state index < -0.39 is 10.1 Å². The molecule has 0 aliphatic carbocycles. The molecule has 0 N–H and O–H groups in total. The summed E-state index contributed by atoms with van der Waals surface area (Å²) in [6, 6.07) is 6.07. The lowest BCUT2D eigenvalue weighted by molar-refractivity contribution is 0.249. The first-order chi connectivity index (χ1) is 6.95. The second kappa shape index (κ2) is 4.63. The summed E-state index contributed by atoms with van der Waals surface area (Å²) in [7, 11) is -2.12. The van der Waals surface area contributed by atoms with Crippen molar-refractivity contribution in [1.29, 1.82) is 0 Å². The SMILES string of the molecule is COc1ccc(S(=O)(=O)OC(C)C)cc1. The van der Waals surface area contributed by atoms with Crippen molar-refractivity contribution in [2.75, 3.05) is 7.11 Å². The third-order valence-corrected chi connectivity index (χ3v) is 3.16. The highest BCUT2D eigenvalue weighted by atomic mass is 32.2. The summed E-state index contributed by atoms with van der Waals surface area (Å²) in [5.74, 6) is 0.610. The Kier molecular flexibility index (Phi) is 3.71. The molecule has 0 aliphatic heterocycles. The monoisotopic (exact) mass is 230 g/mol. The molecule has 0 fully saturated rings. The van der Waals surface area contributed by atoms with Crippen LogP contribution in [0, 0.1) is 0 Å². The van der Waals surface area contributed by atoms with Crippen LogP contribution in [-0.2, 0) is 14.3 Å².